The molecule has 0 rings (SSSR count). The van der Waals surface area contributed by atoms with Crippen molar-refractivity contribution in [1.29, 1.82) is 0 Å². The van der Waals surface area contributed by atoms with Gasteiger partial charge < -0.3 is 11.1 Å². The summed E-state index contributed by atoms with van der Waals surface area (Å²) in [5.74, 6) is 2.57. The molecule has 0 amide bonds. The molecule has 1 unspecified atom stereocenters. The van der Waals surface area contributed by atoms with Gasteiger partial charge in [0.1, 0.15) is 0 Å². The lowest BCUT2D eigenvalue weighted by atomic mass is 10.2. The van der Waals surface area contributed by atoms with E-state index in [2.05, 4.69) is 18.2 Å². The van der Waals surface area contributed by atoms with Crippen molar-refractivity contribution >= 4 is 0 Å². The van der Waals surface area contributed by atoms with E-state index in [4.69, 9.17) is 12.2 Å². The summed E-state index contributed by atoms with van der Waals surface area (Å²) < 4.78 is 0. The first-order chi connectivity index (χ1) is 4.31. The Morgan fingerprint density at radius 2 is 2.44 bits per heavy atom. The highest BCUT2D eigenvalue weighted by Crippen LogP contribution is 1.84. The molecule has 9 heavy (non-hydrogen) atoms. The van der Waals surface area contributed by atoms with Gasteiger partial charge in [0.15, 0.2) is 0 Å². The molecule has 0 heterocycles. The third-order valence-electron chi connectivity index (χ3n) is 1.06. The molecule has 0 spiro atoms. The number of hydrogen-bond donors (Lipinski definition) is 2. The van der Waals surface area contributed by atoms with E-state index in [9.17, 15) is 0 Å². The molecule has 0 bridgehead atoms. The van der Waals surface area contributed by atoms with Crippen molar-refractivity contribution < 1.29 is 0 Å². The Balaban J connectivity index is 3.08. The van der Waals surface area contributed by atoms with Gasteiger partial charge in [-0.05, 0) is 6.92 Å². The largest absolute Gasteiger partial charge is 0.329 e. The molecule has 0 aliphatic carbocycles. The first kappa shape index (κ1) is 8.48. The second kappa shape index (κ2) is 5.61. The SMILES string of the molecule is C#CCC(C)NCCN. The summed E-state index contributed by atoms with van der Waals surface area (Å²) >= 11 is 0. The van der Waals surface area contributed by atoms with Gasteiger partial charge in [0, 0.05) is 25.6 Å². The van der Waals surface area contributed by atoms with Crippen LogP contribution in [0.4, 0.5) is 0 Å². The predicted octanol–water partition coefficient (Wildman–Crippen LogP) is -0.0535. The molecule has 0 aromatic heterocycles. The van der Waals surface area contributed by atoms with Crippen LogP contribution in [0.25, 0.3) is 0 Å². The van der Waals surface area contributed by atoms with Crippen LogP contribution in [0.1, 0.15) is 13.3 Å². The smallest absolute Gasteiger partial charge is 0.0238 e. The summed E-state index contributed by atoms with van der Waals surface area (Å²) in [5, 5.41) is 3.17. The van der Waals surface area contributed by atoms with E-state index in [0.29, 0.717) is 12.6 Å². The van der Waals surface area contributed by atoms with Gasteiger partial charge in [-0.25, -0.2) is 0 Å². The Bertz CT molecular complexity index is 93.6. The van der Waals surface area contributed by atoms with Crippen LogP contribution in [0.15, 0.2) is 0 Å². The fraction of sp³-hybridized carbons (Fsp3) is 0.714. The average molecular weight is 126 g/mol. The minimum Gasteiger partial charge on any atom is -0.329 e. The van der Waals surface area contributed by atoms with Crippen LogP contribution >= 0.6 is 0 Å². The molecule has 0 aromatic carbocycles. The van der Waals surface area contributed by atoms with E-state index in [-0.39, 0.29) is 0 Å². The summed E-state index contributed by atoms with van der Waals surface area (Å²) in [6.45, 7) is 3.58. The van der Waals surface area contributed by atoms with Crippen molar-refractivity contribution in [3.63, 3.8) is 0 Å². The molecule has 0 saturated carbocycles. The Kier molecular flexibility index (Phi) is 5.29. The minimum atomic E-state index is 0.401. The van der Waals surface area contributed by atoms with Gasteiger partial charge in [-0.1, -0.05) is 0 Å². The van der Waals surface area contributed by atoms with Gasteiger partial charge in [-0.15, -0.1) is 12.3 Å². The zero-order valence-electron chi connectivity index (χ0n) is 5.85. The molecule has 2 nitrogen and oxygen atoms in total. The summed E-state index contributed by atoms with van der Waals surface area (Å²) in [6.07, 6.45) is 5.86. The van der Waals surface area contributed by atoms with E-state index in [1.165, 1.54) is 0 Å². The predicted molar refractivity (Wildman–Crippen MR) is 40.0 cm³/mol. The van der Waals surface area contributed by atoms with Crippen molar-refractivity contribution in [1.82, 2.24) is 5.32 Å². The maximum atomic E-state index is 5.26. The van der Waals surface area contributed by atoms with Crippen LogP contribution in [-0.2, 0) is 0 Å². The van der Waals surface area contributed by atoms with E-state index in [1.54, 1.807) is 0 Å². The molecule has 3 N–H and O–H groups in total. The van der Waals surface area contributed by atoms with Gasteiger partial charge in [0.2, 0.25) is 0 Å². The lowest BCUT2D eigenvalue weighted by molar-refractivity contribution is 0.567. The molecule has 52 valence electrons. The van der Waals surface area contributed by atoms with E-state index >= 15 is 0 Å². The average Bonchev–Trinajstić information content (AvgIpc) is 1.85. The number of hydrogen-bond acceptors (Lipinski definition) is 2. The molecule has 0 radical (unpaired) electrons. The first-order valence-electron chi connectivity index (χ1n) is 3.18. The van der Waals surface area contributed by atoms with Gasteiger partial charge in [-0.2, -0.15) is 0 Å². The summed E-state index contributed by atoms with van der Waals surface area (Å²) in [7, 11) is 0. The van der Waals surface area contributed by atoms with Crippen molar-refractivity contribution in [2.75, 3.05) is 13.1 Å². The maximum Gasteiger partial charge on any atom is 0.0238 e. The summed E-state index contributed by atoms with van der Waals surface area (Å²) in [4.78, 5) is 0. The highest BCUT2D eigenvalue weighted by molar-refractivity contribution is 4.87. The molecule has 1 atom stereocenters. The van der Waals surface area contributed by atoms with Gasteiger partial charge >= 0.3 is 0 Å². The standard InChI is InChI=1S/C7H14N2/c1-3-4-7(2)9-6-5-8/h1,7,9H,4-6,8H2,2H3. The number of rotatable bonds is 4. The van der Waals surface area contributed by atoms with E-state index in [1.807, 2.05) is 0 Å². The monoisotopic (exact) mass is 126 g/mol. The van der Waals surface area contributed by atoms with Crippen molar-refractivity contribution in [2.45, 2.75) is 19.4 Å². The number of nitrogens with two attached hydrogens (primary N) is 1. The van der Waals surface area contributed by atoms with Crippen LogP contribution in [0.3, 0.4) is 0 Å². The highest BCUT2D eigenvalue weighted by Gasteiger charge is 1.94. The van der Waals surface area contributed by atoms with E-state index < -0.39 is 0 Å². The van der Waals surface area contributed by atoms with E-state index in [0.717, 1.165) is 13.0 Å². The second-order valence-corrected chi connectivity index (χ2v) is 2.05. The van der Waals surface area contributed by atoms with Crippen molar-refractivity contribution in [2.24, 2.45) is 5.73 Å². The number of terminal acetylenes is 1. The lowest BCUT2D eigenvalue weighted by Crippen LogP contribution is -2.30. The van der Waals surface area contributed by atoms with Crippen LogP contribution in [0.5, 0.6) is 0 Å². The Labute approximate surface area is 56.8 Å². The molecule has 2 heteroatoms. The molecule has 0 fully saturated rings. The van der Waals surface area contributed by atoms with Crippen LogP contribution in [0, 0.1) is 12.3 Å². The zero-order valence-corrected chi connectivity index (χ0v) is 5.85. The van der Waals surface area contributed by atoms with Crippen LogP contribution in [-0.4, -0.2) is 19.1 Å². The van der Waals surface area contributed by atoms with Crippen LogP contribution < -0.4 is 11.1 Å². The van der Waals surface area contributed by atoms with Crippen molar-refractivity contribution in [3.05, 3.63) is 0 Å². The topological polar surface area (TPSA) is 38.0 Å². The molecule has 0 aliphatic heterocycles. The van der Waals surface area contributed by atoms with Gasteiger partial charge in [-0.3, -0.25) is 0 Å². The third kappa shape index (κ3) is 5.35. The normalized spacial score (nSPS) is 12.6. The molecular formula is C7H14N2. The molecule has 0 aromatic rings. The second-order valence-electron chi connectivity index (χ2n) is 2.05. The quantitative estimate of drug-likeness (QED) is 0.518. The minimum absolute atomic E-state index is 0.401. The lowest BCUT2D eigenvalue weighted by Gasteiger charge is -2.07. The Morgan fingerprint density at radius 1 is 1.78 bits per heavy atom. The fourth-order valence-corrected chi connectivity index (χ4v) is 0.579. The first-order valence-corrected chi connectivity index (χ1v) is 3.18. The molecule has 0 aliphatic rings. The Hall–Kier alpha value is -0.520. The summed E-state index contributed by atoms with van der Waals surface area (Å²) in [5.41, 5.74) is 5.26. The molecule has 0 saturated heterocycles. The highest BCUT2D eigenvalue weighted by atomic mass is 14.9. The fourth-order valence-electron chi connectivity index (χ4n) is 0.579. The van der Waals surface area contributed by atoms with Crippen molar-refractivity contribution in [3.8, 4) is 12.3 Å². The third-order valence-corrected chi connectivity index (χ3v) is 1.06. The maximum absolute atomic E-state index is 5.26. The zero-order chi connectivity index (χ0) is 7.11. The van der Waals surface area contributed by atoms with Crippen LogP contribution in [0.2, 0.25) is 0 Å². The molecular weight excluding hydrogens is 112 g/mol. The van der Waals surface area contributed by atoms with Gasteiger partial charge in [0.05, 0.1) is 0 Å². The Morgan fingerprint density at radius 3 is 2.89 bits per heavy atom. The number of nitrogens with one attached hydrogen (secondary N) is 1. The van der Waals surface area contributed by atoms with Gasteiger partial charge in [0.25, 0.3) is 0 Å². The summed E-state index contributed by atoms with van der Waals surface area (Å²) in [6, 6.07) is 0.401.